The van der Waals surface area contributed by atoms with Crippen LogP contribution < -0.4 is 10.1 Å². The second-order valence-electron chi connectivity index (χ2n) is 8.85. The molecule has 3 nitrogen and oxygen atoms in total. The maximum Gasteiger partial charge on any atom is 0.261 e. The molecule has 4 fully saturated rings. The highest BCUT2D eigenvalue weighted by molar-refractivity contribution is 6.35. The van der Waals surface area contributed by atoms with Crippen LogP contribution in [-0.4, -0.2) is 18.1 Å². The van der Waals surface area contributed by atoms with Crippen LogP contribution in [0, 0.1) is 23.2 Å². The molecule has 2 unspecified atom stereocenters. The van der Waals surface area contributed by atoms with Crippen LogP contribution in [0.3, 0.4) is 0 Å². The molecule has 5 heteroatoms. The fourth-order valence-electron chi connectivity index (χ4n) is 6.01. The number of rotatable bonds is 5. The topological polar surface area (TPSA) is 38.3 Å². The van der Waals surface area contributed by atoms with E-state index in [0.29, 0.717) is 21.2 Å². The molecule has 0 aromatic heterocycles. The van der Waals surface area contributed by atoms with Crippen LogP contribution in [0.25, 0.3) is 0 Å². The molecule has 0 radical (unpaired) electrons. The van der Waals surface area contributed by atoms with Gasteiger partial charge >= 0.3 is 0 Å². The van der Waals surface area contributed by atoms with E-state index in [0.717, 1.165) is 17.8 Å². The van der Waals surface area contributed by atoms with Crippen molar-refractivity contribution in [2.45, 2.75) is 64.5 Å². The van der Waals surface area contributed by atoms with Crippen molar-refractivity contribution in [1.82, 2.24) is 5.32 Å². The van der Waals surface area contributed by atoms with Gasteiger partial charge in [-0.2, -0.15) is 0 Å². The third-order valence-corrected chi connectivity index (χ3v) is 7.46. The Labute approximate surface area is 165 Å². The minimum absolute atomic E-state index is 0.0701. The maximum absolute atomic E-state index is 12.7. The Balaban J connectivity index is 1.39. The van der Waals surface area contributed by atoms with Gasteiger partial charge < -0.3 is 10.1 Å². The van der Waals surface area contributed by atoms with Gasteiger partial charge in [-0.3, -0.25) is 4.79 Å². The molecule has 4 aliphatic rings. The van der Waals surface area contributed by atoms with Crippen LogP contribution in [0.5, 0.6) is 5.75 Å². The van der Waals surface area contributed by atoms with E-state index in [-0.39, 0.29) is 11.9 Å². The lowest BCUT2D eigenvalue weighted by atomic mass is 9.48. The van der Waals surface area contributed by atoms with Gasteiger partial charge in [0, 0.05) is 11.1 Å². The SMILES string of the molecule is CC(Oc1ccc(Cl)cc1Cl)C(=O)NC(C)C12CC3CC(CC(C3)C1)C2. The minimum atomic E-state index is -0.593. The Kier molecular flexibility index (Phi) is 4.90. The van der Waals surface area contributed by atoms with Crippen molar-refractivity contribution < 1.29 is 9.53 Å². The molecule has 4 aliphatic carbocycles. The van der Waals surface area contributed by atoms with Gasteiger partial charge in [0.2, 0.25) is 0 Å². The molecule has 26 heavy (non-hydrogen) atoms. The Morgan fingerprint density at radius 2 is 1.69 bits per heavy atom. The van der Waals surface area contributed by atoms with Crippen molar-refractivity contribution in [3.63, 3.8) is 0 Å². The number of carbonyl (C=O) groups is 1. The van der Waals surface area contributed by atoms with Crippen LogP contribution in [0.1, 0.15) is 52.4 Å². The number of benzene rings is 1. The second kappa shape index (κ2) is 6.91. The van der Waals surface area contributed by atoms with Crippen LogP contribution >= 0.6 is 23.2 Å². The second-order valence-corrected chi connectivity index (χ2v) is 9.69. The largest absolute Gasteiger partial charge is 0.479 e. The van der Waals surface area contributed by atoms with Crippen LogP contribution in [0.4, 0.5) is 0 Å². The Hall–Kier alpha value is -0.930. The monoisotopic (exact) mass is 395 g/mol. The van der Waals surface area contributed by atoms with Crippen molar-refractivity contribution in [3.05, 3.63) is 28.2 Å². The highest BCUT2D eigenvalue weighted by Gasteiger charge is 2.53. The molecular formula is C21H27Cl2NO2. The molecule has 0 heterocycles. The summed E-state index contributed by atoms with van der Waals surface area (Å²) in [5, 5.41) is 4.23. The molecule has 1 amide bonds. The molecule has 1 aromatic rings. The first-order chi connectivity index (χ1) is 12.3. The van der Waals surface area contributed by atoms with Crippen LogP contribution in [0.2, 0.25) is 10.0 Å². The molecule has 4 saturated carbocycles. The lowest BCUT2D eigenvalue weighted by Gasteiger charge is -2.59. The summed E-state index contributed by atoms with van der Waals surface area (Å²) in [5.74, 6) is 3.05. The Bertz CT molecular complexity index is 670. The molecule has 2 atom stereocenters. The van der Waals surface area contributed by atoms with Gasteiger partial charge in [0.05, 0.1) is 5.02 Å². The average Bonchev–Trinajstić information content (AvgIpc) is 2.56. The van der Waals surface area contributed by atoms with E-state index in [1.54, 1.807) is 25.1 Å². The molecule has 0 spiro atoms. The first-order valence-corrected chi connectivity index (χ1v) is 10.5. The van der Waals surface area contributed by atoms with Gasteiger partial charge in [0.15, 0.2) is 6.10 Å². The summed E-state index contributed by atoms with van der Waals surface area (Å²) in [4.78, 5) is 12.7. The summed E-state index contributed by atoms with van der Waals surface area (Å²) >= 11 is 12.1. The number of carbonyl (C=O) groups excluding carboxylic acids is 1. The molecule has 5 rings (SSSR count). The third kappa shape index (κ3) is 3.45. The fourth-order valence-corrected chi connectivity index (χ4v) is 6.46. The Morgan fingerprint density at radius 3 is 2.23 bits per heavy atom. The predicted octanol–water partition coefficient (Wildman–Crippen LogP) is 5.48. The van der Waals surface area contributed by atoms with E-state index in [1.807, 2.05) is 0 Å². The molecule has 4 bridgehead atoms. The lowest BCUT2D eigenvalue weighted by Crippen LogP contribution is -2.57. The van der Waals surface area contributed by atoms with Gasteiger partial charge in [-0.25, -0.2) is 0 Å². The van der Waals surface area contributed by atoms with Gasteiger partial charge in [-0.1, -0.05) is 23.2 Å². The lowest BCUT2D eigenvalue weighted by molar-refractivity contribution is -0.131. The van der Waals surface area contributed by atoms with E-state index < -0.39 is 6.10 Å². The van der Waals surface area contributed by atoms with Crippen molar-refractivity contribution in [3.8, 4) is 5.75 Å². The van der Waals surface area contributed by atoms with Crippen LogP contribution in [0.15, 0.2) is 18.2 Å². The number of hydrogen-bond acceptors (Lipinski definition) is 2. The van der Waals surface area contributed by atoms with E-state index in [2.05, 4.69) is 12.2 Å². The van der Waals surface area contributed by atoms with E-state index >= 15 is 0 Å². The zero-order valence-electron chi connectivity index (χ0n) is 15.4. The highest BCUT2D eigenvalue weighted by Crippen LogP contribution is 2.61. The number of amides is 1. The normalized spacial score (nSPS) is 34.4. The summed E-state index contributed by atoms with van der Waals surface area (Å²) in [6.07, 6.45) is 7.47. The van der Waals surface area contributed by atoms with Crippen molar-refractivity contribution in [2.75, 3.05) is 0 Å². The summed E-state index contributed by atoms with van der Waals surface area (Å²) in [6.45, 7) is 3.96. The van der Waals surface area contributed by atoms with Crippen molar-refractivity contribution >= 4 is 29.1 Å². The number of halogens is 2. The van der Waals surface area contributed by atoms with Gasteiger partial charge in [-0.15, -0.1) is 0 Å². The molecule has 1 N–H and O–H groups in total. The average molecular weight is 396 g/mol. The van der Waals surface area contributed by atoms with Gasteiger partial charge in [0.25, 0.3) is 5.91 Å². The molecular weight excluding hydrogens is 369 g/mol. The summed E-state index contributed by atoms with van der Waals surface area (Å²) < 4.78 is 5.78. The highest BCUT2D eigenvalue weighted by atomic mass is 35.5. The zero-order valence-corrected chi connectivity index (χ0v) is 16.9. The number of nitrogens with one attached hydrogen (secondary N) is 1. The van der Waals surface area contributed by atoms with Gasteiger partial charge in [-0.05, 0) is 93.7 Å². The van der Waals surface area contributed by atoms with E-state index in [9.17, 15) is 4.79 Å². The first-order valence-electron chi connectivity index (χ1n) is 9.77. The van der Waals surface area contributed by atoms with Crippen molar-refractivity contribution in [1.29, 1.82) is 0 Å². The molecule has 142 valence electrons. The standard InChI is InChI=1S/C21H27Cl2NO2/c1-12(26-19-4-3-17(22)8-18(19)23)20(25)24-13(2)21-9-14-5-15(10-21)7-16(6-14)11-21/h3-4,8,12-16H,5-7,9-11H2,1-2H3,(H,24,25). The number of ether oxygens (including phenoxy) is 1. The van der Waals surface area contributed by atoms with E-state index in [1.165, 1.54) is 38.5 Å². The van der Waals surface area contributed by atoms with Crippen molar-refractivity contribution in [2.24, 2.45) is 23.2 Å². The van der Waals surface area contributed by atoms with Crippen LogP contribution in [-0.2, 0) is 4.79 Å². The zero-order chi connectivity index (χ0) is 18.5. The molecule has 0 saturated heterocycles. The minimum Gasteiger partial charge on any atom is -0.479 e. The quantitative estimate of drug-likeness (QED) is 0.716. The molecule has 0 aliphatic heterocycles. The maximum atomic E-state index is 12.7. The Morgan fingerprint density at radius 1 is 1.12 bits per heavy atom. The van der Waals surface area contributed by atoms with Gasteiger partial charge in [0.1, 0.15) is 5.75 Å². The predicted molar refractivity (Wildman–Crippen MR) is 105 cm³/mol. The summed E-state index contributed by atoms with van der Waals surface area (Å²) in [6, 6.07) is 5.24. The summed E-state index contributed by atoms with van der Waals surface area (Å²) in [5.41, 5.74) is 0.294. The summed E-state index contributed by atoms with van der Waals surface area (Å²) in [7, 11) is 0. The number of hydrogen-bond donors (Lipinski definition) is 1. The fraction of sp³-hybridized carbons (Fsp3) is 0.667. The first kappa shape index (κ1) is 18.4. The molecule has 1 aromatic carbocycles. The smallest absolute Gasteiger partial charge is 0.261 e. The third-order valence-electron chi connectivity index (χ3n) is 6.93. The van der Waals surface area contributed by atoms with E-state index in [4.69, 9.17) is 27.9 Å².